The molecule has 12 aromatic rings. The Hall–Kier alpha value is -7.89. The minimum absolute atomic E-state index is 0.567. The molecule has 8 aromatic carbocycles. The highest BCUT2D eigenvalue weighted by Crippen LogP contribution is 2.42. The van der Waals surface area contributed by atoms with Crippen LogP contribution in [0.15, 0.2) is 200 Å². The number of rotatable bonds is 5. The largest absolute Gasteiger partial charge is 0.309 e. The molecule has 0 aliphatic heterocycles. The third kappa shape index (κ3) is 5.00. The Morgan fingerprint density at radius 1 is 0.293 bits per heavy atom. The number of nitrogens with zero attached hydrogens (tertiary/aromatic N) is 5. The molecule has 58 heavy (non-hydrogen) atoms. The van der Waals surface area contributed by atoms with Crippen molar-refractivity contribution in [1.29, 1.82) is 0 Å². The van der Waals surface area contributed by atoms with Crippen LogP contribution in [0.1, 0.15) is 0 Å². The van der Waals surface area contributed by atoms with Crippen LogP contribution in [0.2, 0.25) is 0 Å². The fourth-order valence-electron chi connectivity index (χ4n) is 8.92. The summed E-state index contributed by atoms with van der Waals surface area (Å²) in [6.45, 7) is 0. The highest BCUT2D eigenvalue weighted by Gasteiger charge is 2.22. The van der Waals surface area contributed by atoms with Crippen LogP contribution < -0.4 is 0 Å². The summed E-state index contributed by atoms with van der Waals surface area (Å²) in [6.07, 6.45) is 0. The van der Waals surface area contributed by atoms with Crippen LogP contribution in [0, 0.1) is 0 Å². The van der Waals surface area contributed by atoms with E-state index in [1.165, 1.54) is 38.0 Å². The van der Waals surface area contributed by atoms with Crippen molar-refractivity contribution < 1.29 is 0 Å². The van der Waals surface area contributed by atoms with Gasteiger partial charge in [-0.15, -0.1) is 0 Å². The van der Waals surface area contributed by atoms with Crippen LogP contribution in [0.4, 0.5) is 0 Å². The summed E-state index contributed by atoms with van der Waals surface area (Å²) in [6, 6.07) is 70.8. The molecule has 0 spiro atoms. The van der Waals surface area contributed by atoms with Crippen molar-refractivity contribution in [3.05, 3.63) is 200 Å². The molecule has 5 nitrogen and oxygen atoms in total. The molecule has 270 valence electrons. The summed E-state index contributed by atoms with van der Waals surface area (Å²) < 4.78 is 4.66. The molecular weight excluding hydrogens is 707 g/mol. The zero-order valence-corrected chi connectivity index (χ0v) is 31.3. The third-order valence-electron chi connectivity index (χ3n) is 11.5. The Balaban J connectivity index is 1.17. The Morgan fingerprint density at radius 2 is 0.793 bits per heavy atom. The molecule has 0 aliphatic carbocycles. The Morgan fingerprint density at radius 3 is 1.47 bits per heavy atom. The maximum atomic E-state index is 5.35. The van der Waals surface area contributed by atoms with Gasteiger partial charge in [0.05, 0.1) is 27.6 Å². The molecule has 0 saturated heterocycles. The molecule has 0 bridgehead atoms. The lowest BCUT2D eigenvalue weighted by Crippen LogP contribution is -2.06. The molecule has 0 N–H and O–H groups in total. The van der Waals surface area contributed by atoms with E-state index in [-0.39, 0.29) is 0 Å². The molecule has 0 unspecified atom stereocenters. The fourth-order valence-corrected chi connectivity index (χ4v) is 8.92. The molecule has 12 rings (SSSR count). The lowest BCUT2D eigenvalue weighted by Gasteiger charge is -2.13. The van der Waals surface area contributed by atoms with Crippen molar-refractivity contribution in [2.24, 2.45) is 0 Å². The molecule has 0 saturated carbocycles. The highest BCUT2D eigenvalue weighted by atomic mass is 15.2. The maximum Gasteiger partial charge on any atom is 0.238 e. The molecule has 4 heterocycles. The average Bonchev–Trinajstić information content (AvgIpc) is 3.86. The Bertz CT molecular complexity index is 3460. The van der Waals surface area contributed by atoms with E-state index < -0.39 is 0 Å². The normalized spacial score (nSPS) is 11.8. The number of hydrogen-bond acceptors (Lipinski definition) is 3. The first-order valence-corrected chi connectivity index (χ1v) is 19.6. The number of hydrogen-bond donors (Lipinski definition) is 0. The van der Waals surface area contributed by atoms with Gasteiger partial charge in [-0.05, 0) is 70.1 Å². The van der Waals surface area contributed by atoms with Crippen LogP contribution in [0.25, 0.3) is 111 Å². The molecule has 0 amide bonds. The standard InChI is InChI=1S/C53H33N5/c1-3-15-34(16-4-1)36-20-13-22-39(31-36)51-54-52(40-23-14-21-37(32-40)35-17-5-2-6-18-35)56-53(55-51)58-45-28-12-10-26-43(45)50-47(58)30-29-46-49(50)42-25-9-8-24-41(42)48-33-38-19-7-11-27-44(38)57(46)48/h1-33H. The first kappa shape index (κ1) is 32.4. The quantitative estimate of drug-likeness (QED) is 0.165. The van der Waals surface area contributed by atoms with E-state index in [4.69, 9.17) is 15.0 Å². The third-order valence-corrected chi connectivity index (χ3v) is 11.5. The topological polar surface area (TPSA) is 48.0 Å². The Kier molecular flexibility index (Phi) is 7.16. The molecule has 0 fully saturated rings. The van der Waals surface area contributed by atoms with E-state index >= 15 is 0 Å². The van der Waals surface area contributed by atoms with Crippen molar-refractivity contribution in [3.63, 3.8) is 0 Å². The molecule has 0 radical (unpaired) electrons. The zero-order valence-electron chi connectivity index (χ0n) is 31.3. The summed E-state index contributed by atoms with van der Waals surface area (Å²) in [5.41, 5.74) is 12.0. The van der Waals surface area contributed by atoms with Gasteiger partial charge in [-0.1, -0.05) is 158 Å². The fraction of sp³-hybridized carbons (Fsp3) is 0. The number of fused-ring (bicyclic) bond motifs is 12. The second kappa shape index (κ2) is 12.8. The van der Waals surface area contributed by atoms with E-state index in [2.05, 4.69) is 197 Å². The predicted molar refractivity (Wildman–Crippen MR) is 239 cm³/mol. The monoisotopic (exact) mass is 739 g/mol. The van der Waals surface area contributed by atoms with Gasteiger partial charge in [0.2, 0.25) is 5.95 Å². The van der Waals surface area contributed by atoms with Gasteiger partial charge in [-0.3, -0.25) is 4.57 Å². The van der Waals surface area contributed by atoms with Gasteiger partial charge in [-0.25, -0.2) is 4.98 Å². The SMILES string of the molecule is c1ccc(-c2cccc(-c3nc(-c4cccc(-c5ccccc5)c4)nc(-n4c5ccccc5c5c6c7ccccc7c7cc8ccccc8n7c6ccc54)n3)c2)cc1. The maximum absolute atomic E-state index is 5.35. The minimum atomic E-state index is 0.567. The van der Waals surface area contributed by atoms with Gasteiger partial charge in [-0.2, -0.15) is 9.97 Å². The molecule has 0 aliphatic rings. The first-order valence-electron chi connectivity index (χ1n) is 19.6. The summed E-state index contributed by atoms with van der Waals surface area (Å²) in [7, 11) is 0. The van der Waals surface area contributed by atoms with Crippen LogP contribution in [-0.2, 0) is 0 Å². The van der Waals surface area contributed by atoms with Gasteiger partial charge < -0.3 is 4.40 Å². The van der Waals surface area contributed by atoms with E-state index in [1.54, 1.807) is 0 Å². The average molecular weight is 740 g/mol. The first-order chi connectivity index (χ1) is 28.8. The molecule has 4 aromatic heterocycles. The van der Waals surface area contributed by atoms with Gasteiger partial charge in [0.15, 0.2) is 11.6 Å². The van der Waals surface area contributed by atoms with Crippen molar-refractivity contribution in [2.75, 3.05) is 0 Å². The summed E-state index contributed by atoms with van der Waals surface area (Å²) in [4.78, 5) is 15.9. The van der Waals surface area contributed by atoms with Gasteiger partial charge in [0, 0.05) is 38.1 Å². The van der Waals surface area contributed by atoms with E-state index in [0.717, 1.165) is 55.3 Å². The lowest BCUT2D eigenvalue weighted by atomic mass is 10.00. The van der Waals surface area contributed by atoms with Crippen LogP contribution >= 0.6 is 0 Å². The van der Waals surface area contributed by atoms with Crippen molar-refractivity contribution in [2.45, 2.75) is 0 Å². The van der Waals surface area contributed by atoms with Gasteiger partial charge in [0.25, 0.3) is 0 Å². The lowest BCUT2D eigenvalue weighted by molar-refractivity contribution is 0.953. The zero-order chi connectivity index (χ0) is 38.2. The van der Waals surface area contributed by atoms with E-state index in [9.17, 15) is 0 Å². The van der Waals surface area contributed by atoms with E-state index in [1.807, 2.05) is 12.1 Å². The number of benzene rings is 8. The summed E-state index contributed by atoms with van der Waals surface area (Å²) in [5, 5.41) is 7.18. The molecule has 0 atom stereocenters. The number of para-hydroxylation sites is 2. The number of pyridine rings is 1. The summed E-state index contributed by atoms with van der Waals surface area (Å²) in [5.74, 6) is 1.79. The highest BCUT2D eigenvalue weighted by molar-refractivity contribution is 6.30. The minimum Gasteiger partial charge on any atom is -0.309 e. The smallest absolute Gasteiger partial charge is 0.238 e. The van der Waals surface area contributed by atoms with Crippen LogP contribution in [-0.4, -0.2) is 23.9 Å². The number of aromatic nitrogens is 5. The van der Waals surface area contributed by atoms with Crippen molar-refractivity contribution in [3.8, 4) is 51.0 Å². The van der Waals surface area contributed by atoms with Crippen molar-refractivity contribution >= 4 is 59.9 Å². The van der Waals surface area contributed by atoms with Crippen LogP contribution in [0.3, 0.4) is 0 Å². The predicted octanol–water partition coefficient (Wildman–Crippen LogP) is 13.3. The Labute approximate surface area is 333 Å². The second-order valence-electron chi connectivity index (χ2n) is 14.9. The second-order valence-corrected chi connectivity index (χ2v) is 14.9. The molecule has 5 heteroatoms. The summed E-state index contributed by atoms with van der Waals surface area (Å²) >= 11 is 0. The molecular formula is C53H33N5. The van der Waals surface area contributed by atoms with Crippen LogP contribution in [0.5, 0.6) is 0 Å². The van der Waals surface area contributed by atoms with Crippen molar-refractivity contribution in [1.82, 2.24) is 23.9 Å². The van der Waals surface area contributed by atoms with Gasteiger partial charge in [0.1, 0.15) is 0 Å². The van der Waals surface area contributed by atoms with Gasteiger partial charge >= 0.3 is 0 Å². The van der Waals surface area contributed by atoms with E-state index in [0.29, 0.717) is 17.6 Å².